The number of alkyl halides is 1. The number of carbonyl (C=O) groups is 1. The minimum Gasteiger partial charge on any atom is -0.388 e. The number of aliphatic hydroxyl groups excluding tert-OH is 1. The van der Waals surface area contributed by atoms with Gasteiger partial charge in [-0.15, -0.1) is 0 Å². The van der Waals surface area contributed by atoms with Crippen LogP contribution in [-0.2, 0) is 0 Å². The van der Waals surface area contributed by atoms with Gasteiger partial charge in [0, 0.05) is 5.54 Å². The summed E-state index contributed by atoms with van der Waals surface area (Å²) >= 11 is 0. The van der Waals surface area contributed by atoms with Gasteiger partial charge in [-0.3, -0.25) is 0 Å². The largest absolute Gasteiger partial charge is 0.388 e. The first-order valence-electron chi connectivity index (χ1n) is 7.92. The van der Waals surface area contributed by atoms with Gasteiger partial charge in [0.15, 0.2) is 0 Å². The van der Waals surface area contributed by atoms with Crippen LogP contribution in [0.1, 0.15) is 38.5 Å². The standard InChI is InChI=1S/C15H23FN2O2/c16-12-7-18(8-13(12)19)14(20)17-15-4-9-1-10(5-15)3-11(2-9)6-15/h9-13,19H,1-8H2,(H,17,20)/t9?,10?,11?,12-,13-,15?/m1/s1. The normalized spacial score (nSPS) is 49.7. The minimum atomic E-state index is -1.29. The minimum absolute atomic E-state index is 0.0271. The zero-order valence-electron chi connectivity index (χ0n) is 11.7. The quantitative estimate of drug-likeness (QED) is 0.769. The van der Waals surface area contributed by atoms with Crippen LogP contribution >= 0.6 is 0 Å². The van der Waals surface area contributed by atoms with Crippen molar-refractivity contribution in [2.75, 3.05) is 13.1 Å². The van der Waals surface area contributed by atoms with E-state index in [-0.39, 0.29) is 24.7 Å². The van der Waals surface area contributed by atoms with Gasteiger partial charge >= 0.3 is 6.03 Å². The maximum Gasteiger partial charge on any atom is 0.318 e. The average molecular weight is 282 g/mol. The molecule has 2 N–H and O–H groups in total. The Hall–Kier alpha value is -0.840. The number of nitrogens with one attached hydrogen (secondary N) is 1. The lowest BCUT2D eigenvalue weighted by atomic mass is 9.53. The second-order valence-electron chi connectivity index (χ2n) is 7.62. The number of nitrogens with zero attached hydrogens (tertiary/aromatic N) is 1. The molecule has 4 bridgehead atoms. The fourth-order valence-corrected chi connectivity index (χ4v) is 5.48. The Morgan fingerprint density at radius 2 is 1.65 bits per heavy atom. The zero-order valence-corrected chi connectivity index (χ0v) is 11.7. The van der Waals surface area contributed by atoms with Crippen molar-refractivity contribution in [3.05, 3.63) is 0 Å². The van der Waals surface area contributed by atoms with Crippen molar-refractivity contribution in [3.63, 3.8) is 0 Å². The van der Waals surface area contributed by atoms with Crippen LogP contribution < -0.4 is 5.32 Å². The van der Waals surface area contributed by atoms with E-state index >= 15 is 0 Å². The molecule has 0 spiro atoms. The molecule has 5 fully saturated rings. The Labute approximate surface area is 118 Å². The van der Waals surface area contributed by atoms with E-state index in [9.17, 15) is 14.3 Å². The van der Waals surface area contributed by atoms with Crippen molar-refractivity contribution in [3.8, 4) is 0 Å². The first kappa shape index (κ1) is 12.9. The van der Waals surface area contributed by atoms with E-state index < -0.39 is 12.3 Å². The number of likely N-dealkylation sites (tertiary alicyclic amines) is 1. The molecule has 2 atom stereocenters. The van der Waals surface area contributed by atoms with Crippen LogP contribution in [0.4, 0.5) is 9.18 Å². The summed E-state index contributed by atoms with van der Waals surface area (Å²) in [5, 5.41) is 12.7. The molecule has 4 aliphatic carbocycles. The van der Waals surface area contributed by atoms with Gasteiger partial charge in [-0.2, -0.15) is 0 Å². The molecule has 5 rings (SSSR count). The van der Waals surface area contributed by atoms with Gasteiger partial charge in [0.2, 0.25) is 0 Å². The van der Waals surface area contributed by atoms with E-state index in [4.69, 9.17) is 0 Å². The van der Waals surface area contributed by atoms with Crippen LogP contribution in [0.15, 0.2) is 0 Å². The van der Waals surface area contributed by atoms with E-state index in [0.717, 1.165) is 37.0 Å². The van der Waals surface area contributed by atoms with Crippen molar-refractivity contribution in [1.82, 2.24) is 10.2 Å². The third kappa shape index (κ3) is 2.01. The van der Waals surface area contributed by atoms with E-state index in [1.807, 2.05) is 0 Å². The highest BCUT2D eigenvalue weighted by Gasteiger charge is 2.52. The first-order valence-corrected chi connectivity index (χ1v) is 7.92. The fourth-order valence-electron chi connectivity index (χ4n) is 5.48. The Kier molecular flexibility index (Phi) is 2.78. The smallest absolute Gasteiger partial charge is 0.318 e. The molecule has 0 aromatic carbocycles. The van der Waals surface area contributed by atoms with E-state index in [0.29, 0.717) is 0 Å². The summed E-state index contributed by atoms with van der Waals surface area (Å²) < 4.78 is 13.4. The van der Waals surface area contributed by atoms with Crippen molar-refractivity contribution in [2.24, 2.45) is 17.8 Å². The predicted molar refractivity (Wildman–Crippen MR) is 71.9 cm³/mol. The van der Waals surface area contributed by atoms with Crippen LogP contribution in [-0.4, -0.2) is 46.9 Å². The molecule has 20 heavy (non-hydrogen) atoms. The van der Waals surface area contributed by atoms with Crippen LogP contribution in [0.2, 0.25) is 0 Å². The molecule has 1 heterocycles. The summed E-state index contributed by atoms with van der Waals surface area (Å²) in [7, 11) is 0. The summed E-state index contributed by atoms with van der Waals surface area (Å²) in [5.74, 6) is 2.33. The summed E-state index contributed by atoms with van der Waals surface area (Å²) in [5.41, 5.74) is -0.0365. The van der Waals surface area contributed by atoms with Crippen molar-refractivity contribution >= 4 is 6.03 Å². The van der Waals surface area contributed by atoms with Gasteiger partial charge in [-0.1, -0.05) is 0 Å². The van der Waals surface area contributed by atoms with E-state index in [1.54, 1.807) is 0 Å². The number of carbonyl (C=O) groups excluding carboxylic acids is 1. The topological polar surface area (TPSA) is 52.6 Å². The molecule has 2 amide bonds. The van der Waals surface area contributed by atoms with Gasteiger partial charge < -0.3 is 15.3 Å². The van der Waals surface area contributed by atoms with Crippen molar-refractivity contribution < 1.29 is 14.3 Å². The first-order chi connectivity index (χ1) is 9.53. The third-order valence-corrected chi connectivity index (χ3v) is 5.92. The molecule has 1 saturated heterocycles. The van der Waals surface area contributed by atoms with Crippen LogP contribution in [0.5, 0.6) is 0 Å². The molecule has 0 unspecified atom stereocenters. The Bertz CT molecular complexity index is 383. The predicted octanol–water partition coefficient (Wildman–Crippen LogP) is 1.68. The van der Waals surface area contributed by atoms with Crippen molar-refractivity contribution in [2.45, 2.75) is 56.3 Å². The molecule has 112 valence electrons. The van der Waals surface area contributed by atoms with Crippen LogP contribution in [0.3, 0.4) is 0 Å². The van der Waals surface area contributed by atoms with Gasteiger partial charge in [0.1, 0.15) is 12.3 Å². The van der Waals surface area contributed by atoms with Crippen molar-refractivity contribution in [1.29, 1.82) is 0 Å². The summed E-state index contributed by atoms with van der Waals surface area (Å²) in [6, 6.07) is -0.175. The second-order valence-corrected chi connectivity index (χ2v) is 7.62. The number of hydrogen-bond donors (Lipinski definition) is 2. The molecule has 0 aromatic rings. The molecular formula is C15H23FN2O2. The molecule has 1 aliphatic heterocycles. The lowest BCUT2D eigenvalue weighted by molar-refractivity contribution is -0.0155. The molecule has 5 aliphatic rings. The highest BCUT2D eigenvalue weighted by Crippen LogP contribution is 2.55. The summed E-state index contributed by atoms with van der Waals surface area (Å²) in [4.78, 5) is 13.8. The maximum atomic E-state index is 13.4. The van der Waals surface area contributed by atoms with Gasteiger partial charge in [-0.05, 0) is 56.3 Å². The number of aliphatic hydroxyl groups is 1. The highest BCUT2D eigenvalue weighted by molar-refractivity contribution is 5.75. The molecular weight excluding hydrogens is 259 g/mol. The van der Waals surface area contributed by atoms with Gasteiger partial charge in [-0.25, -0.2) is 9.18 Å². The number of rotatable bonds is 1. The fraction of sp³-hybridized carbons (Fsp3) is 0.933. The monoisotopic (exact) mass is 282 g/mol. The van der Waals surface area contributed by atoms with E-state index in [1.165, 1.54) is 24.2 Å². The number of β-amino-alcohol motifs (C(OH)–C–C–N with tert-alkyl or cyclic N) is 1. The third-order valence-electron chi connectivity index (χ3n) is 5.92. The average Bonchev–Trinajstić information content (AvgIpc) is 2.67. The number of halogens is 1. The summed E-state index contributed by atoms with van der Waals surface area (Å²) in [6.45, 7) is 0.152. The van der Waals surface area contributed by atoms with Gasteiger partial charge in [0.25, 0.3) is 0 Å². The molecule has 0 radical (unpaired) electrons. The Morgan fingerprint density at radius 3 is 2.10 bits per heavy atom. The van der Waals surface area contributed by atoms with Gasteiger partial charge in [0.05, 0.1) is 13.1 Å². The second kappa shape index (κ2) is 4.33. The Balaban J connectivity index is 1.45. The molecule has 4 nitrogen and oxygen atoms in total. The highest BCUT2D eigenvalue weighted by atomic mass is 19.1. The molecule has 0 aromatic heterocycles. The molecule has 4 saturated carbocycles. The van der Waals surface area contributed by atoms with Crippen LogP contribution in [0.25, 0.3) is 0 Å². The zero-order chi connectivity index (χ0) is 13.9. The SMILES string of the molecule is O=C(NC12CC3CC(CC(C3)C1)C2)N1C[C@@H](O)[C@H](F)C1. The molecule has 5 heteroatoms. The number of hydrogen-bond acceptors (Lipinski definition) is 2. The van der Waals surface area contributed by atoms with E-state index in [2.05, 4.69) is 5.32 Å². The number of amides is 2. The lowest BCUT2D eigenvalue weighted by Gasteiger charge is -2.57. The van der Waals surface area contributed by atoms with Crippen LogP contribution in [0, 0.1) is 17.8 Å². The number of urea groups is 1. The Morgan fingerprint density at radius 1 is 1.10 bits per heavy atom. The lowest BCUT2D eigenvalue weighted by Crippen LogP contribution is -2.61. The maximum absolute atomic E-state index is 13.4. The summed E-state index contributed by atoms with van der Waals surface area (Å²) in [6.07, 6.45) is 4.99.